The zero-order valence-corrected chi connectivity index (χ0v) is 16.2. The SMILES string of the molecule is CCN(CC)Cc1ccc(CN=C(N)NCC2CCCN2CC)cc1. The largest absolute Gasteiger partial charge is 0.370 e. The second-order valence-corrected chi connectivity index (χ2v) is 6.78. The molecule has 5 nitrogen and oxygen atoms in total. The minimum atomic E-state index is 0.551. The molecule has 0 radical (unpaired) electrons. The summed E-state index contributed by atoms with van der Waals surface area (Å²) in [5.41, 5.74) is 8.58. The van der Waals surface area contributed by atoms with E-state index in [1.807, 2.05) is 0 Å². The molecule has 1 heterocycles. The Morgan fingerprint density at radius 1 is 1.20 bits per heavy atom. The number of hydrogen-bond donors (Lipinski definition) is 2. The molecule has 5 heteroatoms. The van der Waals surface area contributed by atoms with E-state index in [0.717, 1.165) is 32.7 Å². The van der Waals surface area contributed by atoms with Crippen LogP contribution in [0.3, 0.4) is 0 Å². The number of guanidine groups is 1. The Balaban J connectivity index is 1.78. The van der Waals surface area contributed by atoms with E-state index in [2.05, 4.69) is 65.1 Å². The lowest BCUT2D eigenvalue weighted by Gasteiger charge is -2.23. The molecule has 0 bridgehead atoms. The predicted octanol–water partition coefficient (Wildman–Crippen LogP) is 2.42. The summed E-state index contributed by atoms with van der Waals surface area (Å²) in [6.45, 7) is 13.7. The smallest absolute Gasteiger partial charge is 0.188 e. The number of aliphatic imine (C=N–C) groups is 1. The maximum Gasteiger partial charge on any atom is 0.188 e. The second-order valence-electron chi connectivity index (χ2n) is 6.78. The van der Waals surface area contributed by atoms with E-state index in [1.54, 1.807) is 0 Å². The van der Waals surface area contributed by atoms with Gasteiger partial charge in [0, 0.05) is 19.1 Å². The molecule has 3 N–H and O–H groups in total. The monoisotopic (exact) mass is 345 g/mol. The topological polar surface area (TPSA) is 56.9 Å². The summed E-state index contributed by atoms with van der Waals surface area (Å²) in [7, 11) is 0. The van der Waals surface area contributed by atoms with Gasteiger partial charge in [-0.25, -0.2) is 4.99 Å². The number of hydrogen-bond acceptors (Lipinski definition) is 3. The molecular formula is C20H35N5. The number of nitrogens with one attached hydrogen (secondary N) is 1. The van der Waals surface area contributed by atoms with E-state index in [-0.39, 0.29) is 0 Å². The highest BCUT2D eigenvalue weighted by Crippen LogP contribution is 2.15. The first-order valence-electron chi connectivity index (χ1n) is 9.74. The number of rotatable bonds is 9. The van der Waals surface area contributed by atoms with Crippen molar-refractivity contribution in [2.75, 3.05) is 32.7 Å². The van der Waals surface area contributed by atoms with Crippen molar-refractivity contribution in [1.82, 2.24) is 15.1 Å². The third-order valence-corrected chi connectivity index (χ3v) is 5.18. The van der Waals surface area contributed by atoms with Crippen molar-refractivity contribution in [2.45, 2.75) is 52.7 Å². The fourth-order valence-electron chi connectivity index (χ4n) is 3.45. The van der Waals surface area contributed by atoms with Gasteiger partial charge in [-0.2, -0.15) is 0 Å². The van der Waals surface area contributed by atoms with Gasteiger partial charge < -0.3 is 11.1 Å². The molecule has 2 rings (SSSR count). The number of nitrogens with zero attached hydrogens (tertiary/aromatic N) is 3. The first-order chi connectivity index (χ1) is 12.2. The van der Waals surface area contributed by atoms with E-state index >= 15 is 0 Å². The van der Waals surface area contributed by atoms with Crippen LogP contribution in [0.15, 0.2) is 29.3 Å². The van der Waals surface area contributed by atoms with E-state index in [4.69, 9.17) is 5.73 Å². The van der Waals surface area contributed by atoms with Crippen LogP contribution in [0.4, 0.5) is 0 Å². The molecule has 1 aromatic rings. The molecule has 0 amide bonds. The van der Waals surface area contributed by atoms with Crippen LogP contribution in [-0.2, 0) is 13.1 Å². The number of nitrogens with two attached hydrogens (primary N) is 1. The average molecular weight is 346 g/mol. The lowest BCUT2D eigenvalue weighted by molar-refractivity contribution is 0.267. The molecule has 1 aliphatic rings. The van der Waals surface area contributed by atoms with Gasteiger partial charge in [0.2, 0.25) is 0 Å². The van der Waals surface area contributed by atoms with Gasteiger partial charge in [0.25, 0.3) is 0 Å². The zero-order chi connectivity index (χ0) is 18.1. The van der Waals surface area contributed by atoms with Gasteiger partial charge in [-0.05, 0) is 50.1 Å². The zero-order valence-electron chi connectivity index (χ0n) is 16.2. The van der Waals surface area contributed by atoms with Crippen LogP contribution >= 0.6 is 0 Å². The molecule has 1 fully saturated rings. The minimum Gasteiger partial charge on any atom is -0.370 e. The molecule has 1 saturated heterocycles. The van der Waals surface area contributed by atoms with E-state index in [9.17, 15) is 0 Å². The van der Waals surface area contributed by atoms with Crippen LogP contribution in [-0.4, -0.2) is 54.5 Å². The molecule has 1 unspecified atom stereocenters. The van der Waals surface area contributed by atoms with Crippen molar-refractivity contribution in [3.8, 4) is 0 Å². The molecule has 1 aromatic carbocycles. The lowest BCUT2D eigenvalue weighted by Crippen LogP contribution is -2.42. The Hall–Kier alpha value is -1.59. The highest BCUT2D eigenvalue weighted by molar-refractivity contribution is 5.77. The molecule has 25 heavy (non-hydrogen) atoms. The Morgan fingerprint density at radius 3 is 2.52 bits per heavy atom. The number of benzene rings is 1. The summed E-state index contributed by atoms with van der Waals surface area (Å²) in [5.74, 6) is 0.551. The van der Waals surface area contributed by atoms with Crippen molar-refractivity contribution in [1.29, 1.82) is 0 Å². The number of likely N-dealkylation sites (N-methyl/N-ethyl adjacent to an activating group) is 1. The van der Waals surface area contributed by atoms with Gasteiger partial charge in [-0.3, -0.25) is 9.80 Å². The standard InChI is InChI=1S/C20H35N5/c1-4-24(5-2)16-18-11-9-17(10-12-18)14-22-20(21)23-15-19-8-7-13-25(19)6-3/h9-12,19H,4-8,13-16H2,1-3H3,(H3,21,22,23). The Kier molecular flexibility index (Phi) is 8.22. The van der Waals surface area contributed by atoms with Gasteiger partial charge in [-0.15, -0.1) is 0 Å². The maximum absolute atomic E-state index is 6.03. The Bertz CT molecular complexity index is 521. The first kappa shape index (κ1) is 19.7. The Morgan fingerprint density at radius 2 is 1.88 bits per heavy atom. The normalized spacial score (nSPS) is 18.9. The van der Waals surface area contributed by atoms with Crippen molar-refractivity contribution in [2.24, 2.45) is 10.7 Å². The molecule has 0 saturated carbocycles. The highest BCUT2D eigenvalue weighted by atomic mass is 15.2. The van der Waals surface area contributed by atoms with Crippen LogP contribution in [0.2, 0.25) is 0 Å². The van der Waals surface area contributed by atoms with Crippen molar-refractivity contribution in [3.05, 3.63) is 35.4 Å². The van der Waals surface area contributed by atoms with Gasteiger partial charge in [-0.1, -0.05) is 45.0 Å². The summed E-state index contributed by atoms with van der Waals surface area (Å²) in [6, 6.07) is 9.31. The summed E-state index contributed by atoms with van der Waals surface area (Å²) >= 11 is 0. The second kappa shape index (κ2) is 10.4. The van der Waals surface area contributed by atoms with Gasteiger partial charge in [0.15, 0.2) is 5.96 Å². The quantitative estimate of drug-likeness (QED) is 0.533. The summed E-state index contributed by atoms with van der Waals surface area (Å²) in [6.07, 6.45) is 2.54. The van der Waals surface area contributed by atoms with Gasteiger partial charge >= 0.3 is 0 Å². The highest BCUT2D eigenvalue weighted by Gasteiger charge is 2.22. The molecule has 0 spiro atoms. The van der Waals surface area contributed by atoms with Gasteiger partial charge in [0.1, 0.15) is 0 Å². The van der Waals surface area contributed by atoms with E-state index < -0.39 is 0 Å². The van der Waals surface area contributed by atoms with Gasteiger partial charge in [0.05, 0.1) is 6.54 Å². The van der Waals surface area contributed by atoms with Crippen LogP contribution < -0.4 is 11.1 Å². The molecule has 1 aliphatic heterocycles. The van der Waals surface area contributed by atoms with Crippen molar-refractivity contribution in [3.63, 3.8) is 0 Å². The van der Waals surface area contributed by atoms with Crippen LogP contribution in [0.25, 0.3) is 0 Å². The molecule has 0 aliphatic carbocycles. The Labute approximate surface area is 153 Å². The first-order valence-corrected chi connectivity index (χ1v) is 9.74. The predicted molar refractivity (Wildman–Crippen MR) is 107 cm³/mol. The molecule has 140 valence electrons. The molecule has 0 aromatic heterocycles. The summed E-state index contributed by atoms with van der Waals surface area (Å²) in [5, 5.41) is 3.29. The average Bonchev–Trinajstić information content (AvgIpc) is 3.11. The van der Waals surface area contributed by atoms with Crippen LogP contribution in [0, 0.1) is 0 Å². The minimum absolute atomic E-state index is 0.551. The lowest BCUT2D eigenvalue weighted by atomic mass is 10.1. The molecular weight excluding hydrogens is 310 g/mol. The van der Waals surface area contributed by atoms with Crippen molar-refractivity contribution >= 4 is 5.96 Å². The number of likely N-dealkylation sites (tertiary alicyclic amines) is 1. The molecule has 1 atom stereocenters. The fraction of sp³-hybridized carbons (Fsp3) is 0.650. The summed E-state index contributed by atoms with van der Waals surface area (Å²) in [4.78, 5) is 9.41. The third kappa shape index (κ3) is 6.33. The van der Waals surface area contributed by atoms with Crippen LogP contribution in [0.1, 0.15) is 44.7 Å². The van der Waals surface area contributed by atoms with Crippen LogP contribution in [0.5, 0.6) is 0 Å². The fourth-order valence-corrected chi connectivity index (χ4v) is 3.45. The van der Waals surface area contributed by atoms with E-state index in [0.29, 0.717) is 18.5 Å². The van der Waals surface area contributed by atoms with E-state index in [1.165, 1.54) is 30.5 Å². The third-order valence-electron chi connectivity index (χ3n) is 5.18. The summed E-state index contributed by atoms with van der Waals surface area (Å²) < 4.78 is 0. The van der Waals surface area contributed by atoms with Crippen molar-refractivity contribution < 1.29 is 0 Å². The maximum atomic E-state index is 6.03.